The van der Waals surface area contributed by atoms with Gasteiger partial charge in [0.25, 0.3) is 0 Å². The Bertz CT molecular complexity index is 1420. The van der Waals surface area contributed by atoms with Gasteiger partial charge in [-0.25, -0.2) is 0 Å². The van der Waals surface area contributed by atoms with Crippen LogP contribution in [0.4, 0.5) is 0 Å². The van der Waals surface area contributed by atoms with Crippen LogP contribution in [0.25, 0.3) is 22.4 Å². The molecule has 2 aromatic heterocycles. The molecule has 0 spiro atoms. The molecule has 9 heteroatoms. The third kappa shape index (κ3) is 3.90. The number of carbonyl (C=O) groups excluding carboxylic acids is 2. The van der Waals surface area contributed by atoms with E-state index in [1.54, 1.807) is 25.1 Å². The number of Topliss-reactive ketones (excluding diaryl/α,β-unsaturated/α-hetero) is 1. The number of fused-ring (bicyclic) bond motifs is 4. The van der Waals surface area contributed by atoms with Crippen molar-refractivity contribution < 1.29 is 18.8 Å². The molecule has 0 amide bonds. The third-order valence-electron chi connectivity index (χ3n) is 7.32. The van der Waals surface area contributed by atoms with Crippen LogP contribution >= 0.6 is 0 Å². The minimum Gasteiger partial charge on any atom is -0.490 e. The van der Waals surface area contributed by atoms with Gasteiger partial charge in [-0.3, -0.25) is 9.59 Å². The maximum absolute atomic E-state index is 13.4. The second kappa shape index (κ2) is 8.41. The van der Waals surface area contributed by atoms with E-state index in [-0.39, 0.29) is 23.7 Å². The number of aromatic nitrogens is 5. The number of ketones is 1. The van der Waals surface area contributed by atoms with Crippen LogP contribution in [0.15, 0.2) is 47.0 Å². The van der Waals surface area contributed by atoms with Crippen LogP contribution in [0, 0.1) is 24.7 Å². The number of benzene rings is 2. The van der Waals surface area contributed by atoms with Crippen LogP contribution in [-0.4, -0.2) is 42.9 Å². The van der Waals surface area contributed by atoms with Crippen molar-refractivity contribution in [3.8, 4) is 17.1 Å². The molecule has 0 aliphatic heterocycles. The van der Waals surface area contributed by atoms with Gasteiger partial charge in [0, 0.05) is 30.9 Å². The normalized spacial score (nSPS) is 23.5. The van der Waals surface area contributed by atoms with Crippen molar-refractivity contribution in [2.24, 2.45) is 17.8 Å². The number of ether oxygens (including phenoxy) is 1. The maximum Gasteiger partial charge on any atom is 0.245 e. The van der Waals surface area contributed by atoms with Crippen molar-refractivity contribution in [2.75, 3.05) is 0 Å². The number of rotatable bonds is 5. The SMILES string of the molecule is CC(=O)n1nnc2cc(C(=O)C3C4CC[C@@H](Oc5ccc(-c6noc(C)n6)cc5)CC3C4)ccc21. The lowest BCUT2D eigenvalue weighted by molar-refractivity contribution is 0.0455. The first kappa shape index (κ1) is 21.6. The van der Waals surface area contributed by atoms with Gasteiger partial charge in [0.05, 0.1) is 11.6 Å². The molecule has 3 saturated carbocycles. The average molecular weight is 472 g/mol. The van der Waals surface area contributed by atoms with Crippen molar-refractivity contribution in [2.45, 2.75) is 45.6 Å². The van der Waals surface area contributed by atoms with Gasteiger partial charge in [-0.15, -0.1) is 5.10 Å². The van der Waals surface area contributed by atoms with E-state index < -0.39 is 0 Å². The Morgan fingerprint density at radius 1 is 1.06 bits per heavy atom. The van der Waals surface area contributed by atoms with Gasteiger partial charge in [-0.2, -0.15) is 9.67 Å². The highest BCUT2D eigenvalue weighted by Gasteiger charge is 2.48. The summed E-state index contributed by atoms with van der Waals surface area (Å²) in [4.78, 5) is 29.4. The van der Waals surface area contributed by atoms with Gasteiger partial charge in [0.15, 0.2) is 5.78 Å². The predicted molar refractivity (Wildman–Crippen MR) is 126 cm³/mol. The van der Waals surface area contributed by atoms with E-state index in [0.29, 0.717) is 40.1 Å². The van der Waals surface area contributed by atoms with E-state index in [1.165, 1.54) is 11.6 Å². The summed E-state index contributed by atoms with van der Waals surface area (Å²) in [5.41, 5.74) is 2.70. The lowest BCUT2D eigenvalue weighted by Gasteiger charge is -2.42. The fourth-order valence-corrected chi connectivity index (χ4v) is 5.60. The summed E-state index contributed by atoms with van der Waals surface area (Å²) in [6, 6.07) is 13.0. The zero-order valence-electron chi connectivity index (χ0n) is 19.5. The molecule has 3 fully saturated rings. The van der Waals surface area contributed by atoms with Crippen LogP contribution in [0.3, 0.4) is 0 Å². The van der Waals surface area contributed by atoms with Crippen molar-refractivity contribution in [1.29, 1.82) is 0 Å². The largest absolute Gasteiger partial charge is 0.490 e. The standard InChI is InChI=1S/C26H25N5O4/c1-14-27-26(29-35-14)16-3-7-20(8-4-16)34-21-9-5-17-11-19(12-21)24(17)25(33)18-6-10-23-22(13-18)28-30-31(23)15(2)32/h3-4,6-8,10,13,17,19,21,24H,5,9,11-12H2,1-2H3/t17?,19?,21-,24?/m1/s1. The smallest absolute Gasteiger partial charge is 0.245 e. The van der Waals surface area contributed by atoms with E-state index in [2.05, 4.69) is 20.5 Å². The first-order valence-corrected chi connectivity index (χ1v) is 11.9. The topological polar surface area (TPSA) is 113 Å². The second-order valence-electron chi connectivity index (χ2n) is 9.58. The van der Waals surface area contributed by atoms with Crippen molar-refractivity contribution >= 4 is 22.7 Å². The lowest BCUT2D eigenvalue weighted by atomic mass is 9.61. The van der Waals surface area contributed by atoms with Crippen LogP contribution in [-0.2, 0) is 0 Å². The molecule has 3 unspecified atom stereocenters. The minimum absolute atomic E-state index is 0.00718. The molecule has 3 aliphatic rings. The van der Waals surface area contributed by atoms with Crippen LogP contribution in [0.1, 0.15) is 53.7 Å². The summed E-state index contributed by atoms with van der Waals surface area (Å²) >= 11 is 0. The van der Waals surface area contributed by atoms with E-state index in [0.717, 1.165) is 37.0 Å². The molecule has 2 heterocycles. The molecule has 9 nitrogen and oxygen atoms in total. The highest BCUT2D eigenvalue weighted by molar-refractivity contribution is 6.01. The molecule has 0 radical (unpaired) electrons. The Morgan fingerprint density at radius 2 is 1.89 bits per heavy atom. The summed E-state index contributed by atoms with van der Waals surface area (Å²) in [5.74, 6) is 2.55. The number of hydrogen-bond donors (Lipinski definition) is 0. The zero-order chi connectivity index (χ0) is 24.1. The molecule has 7 rings (SSSR count). The van der Waals surface area contributed by atoms with E-state index >= 15 is 0 Å². The Hall–Kier alpha value is -3.88. The van der Waals surface area contributed by atoms with E-state index in [9.17, 15) is 9.59 Å². The summed E-state index contributed by atoms with van der Waals surface area (Å²) < 4.78 is 12.6. The van der Waals surface area contributed by atoms with Crippen LogP contribution < -0.4 is 4.74 Å². The summed E-state index contributed by atoms with van der Waals surface area (Å²) in [6.07, 6.45) is 3.92. The van der Waals surface area contributed by atoms with Gasteiger partial charge >= 0.3 is 0 Å². The molecule has 2 bridgehead atoms. The van der Waals surface area contributed by atoms with E-state index in [4.69, 9.17) is 9.26 Å². The van der Waals surface area contributed by atoms with Gasteiger partial charge in [-0.05, 0) is 80.0 Å². The van der Waals surface area contributed by atoms with Gasteiger partial charge in [0.1, 0.15) is 11.3 Å². The van der Waals surface area contributed by atoms with Gasteiger partial charge < -0.3 is 9.26 Å². The minimum atomic E-state index is -0.206. The monoisotopic (exact) mass is 471 g/mol. The lowest BCUT2D eigenvalue weighted by Crippen LogP contribution is -2.41. The highest BCUT2D eigenvalue weighted by Crippen LogP contribution is 2.50. The Morgan fingerprint density at radius 3 is 2.63 bits per heavy atom. The predicted octanol–water partition coefficient (Wildman–Crippen LogP) is 4.52. The fourth-order valence-electron chi connectivity index (χ4n) is 5.60. The molecule has 4 atom stereocenters. The van der Waals surface area contributed by atoms with Crippen molar-refractivity contribution in [3.05, 3.63) is 53.9 Å². The number of carbonyl (C=O) groups is 2. The van der Waals surface area contributed by atoms with Crippen molar-refractivity contribution in [3.63, 3.8) is 0 Å². The van der Waals surface area contributed by atoms with E-state index in [1.807, 2.05) is 24.3 Å². The number of hydrogen-bond acceptors (Lipinski definition) is 8. The Balaban J connectivity index is 1.13. The fraction of sp³-hybridized carbons (Fsp3) is 0.385. The third-order valence-corrected chi connectivity index (χ3v) is 7.32. The summed E-state index contributed by atoms with van der Waals surface area (Å²) in [5, 5.41) is 11.9. The van der Waals surface area contributed by atoms with Gasteiger partial charge in [0.2, 0.25) is 17.6 Å². The van der Waals surface area contributed by atoms with Crippen molar-refractivity contribution in [1.82, 2.24) is 25.1 Å². The molecular formula is C26H25N5O4. The molecule has 3 aliphatic carbocycles. The van der Waals surface area contributed by atoms with Crippen LogP contribution in [0.2, 0.25) is 0 Å². The first-order valence-electron chi connectivity index (χ1n) is 11.9. The molecule has 35 heavy (non-hydrogen) atoms. The molecule has 2 aromatic carbocycles. The molecular weight excluding hydrogens is 446 g/mol. The molecule has 0 N–H and O–H groups in total. The molecule has 178 valence electrons. The summed E-state index contributed by atoms with van der Waals surface area (Å²) in [7, 11) is 0. The van der Waals surface area contributed by atoms with Gasteiger partial charge in [-0.1, -0.05) is 10.4 Å². The summed E-state index contributed by atoms with van der Waals surface area (Å²) in [6.45, 7) is 3.20. The quantitative estimate of drug-likeness (QED) is 0.391. The average Bonchev–Trinajstić information content (AvgIpc) is 3.36. The number of nitrogens with zero attached hydrogens (tertiary/aromatic N) is 5. The maximum atomic E-state index is 13.4. The highest BCUT2D eigenvalue weighted by atomic mass is 16.5. The molecule has 0 saturated heterocycles. The Labute approximate surface area is 201 Å². The zero-order valence-corrected chi connectivity index (χ0v) is 19.5. The first-order chi connectivity index (χ1) is 17.0. The molecule has 4 aromatic rings. The number of aryl methyl sites for hydroxylation is 1. The second-order valence-corrected chi connectivity index (χ2v) is 9.58. The van der Waals surface area contributed by atoms with Crippen LogP contribution in [0.5, 0.6) is 5.75 Å². The Kier molecular flexibility index (Phi) is 5.20.